The number of hydrogen-bond acceptors (Lipinski definition) is 1. The molecule has 0 spiro atoms. The van der Waals surface area contributed by atoms with Crippen molar-refractivity contribution in [3.63, 3.8) is 0 Å². The minimum atomic E-state index is 0.287. The second-order valence-corrected chi connectivity index (χ2v) is 5.63. The summed E-state index contributed by atoms with van der Waals surface area (Å²) in [5.74, 6) is 1.32. The van der Waals surface area contributed by atoms with E-state index in [-0.39, 0.29) is 5.92 Å². The zero-order valence-corrected chi connectivity index (χ0v) is 10.4. The quantitative estimate of drug-likeness (QED) is 0.755. The van der Waals surface area contributed by atoms with Crippen molar-refractivity contribution in [3.05, 3.63) is 35.4 Å². The van der Waals surface area contributed by atoms with Gasteiger partial charge in [-0.1, -0.05) is 29.8 Å². The SMILES string of the molecule is Cc1ccc(C(=O)C2C[NH+]3CCC2CC3)cc1. The molecule has 0 saturated carbocycles. The lowest BCUT2D eigenvalue weighted by Crippen LogP contribution is -3.16. The van der Waals surface area contributed by atoms with Gasteiger partial charge in [-0.25, -0.2) is 0 Å². The number of aryl methyl sites for hydroxylation is 1. The lowest BCUT2D eigenvalue weighted by atomic mass is 9.75. The number of piperidine rings is 3. The van der Waals surface area contributed by atoms with E-state index in [1.165, 1.54) is 31.5 Å². The normalized spacial score (nSPS) is 31.5. The molecule has 0 aromatic heterocycles. The standard InChI is InChI=1S/C15H19NO/c1-11-2-4-13(5-3-11)15(17)14-10-16-8-6-12(14)7-9-16/h2-5,12,14H,6-10H2,1H3/p+1. The number of hydrogen-bond donors (Lipinski definition) is 1. The number of quaternary nitrogens is 1. The van der Waals surface area contributed by atoms with Crippen molar-refractivity contribution in [3.8, 4) is 0 Å². The van der Waals surface area contributed by atoms with Gasteiger partial charge in [-0.2, -0.15) is 0 Å². The van der Waals surface area contributed by atoms with Crippen LogP contribution >= 0.6 is 0 Å². The first-order chi connectivity index (χ1) is 8.24. The van der Waals surface area contributed by atoms with Crippen molar-refractivity contribution in [2.75, 3.05) is 19.6 Å². The third-order valence-electron chi connectivity index (χ3n) is 4.49. The zero-order chi connectivity index (χ0) is 11.8. The van der Waals surface area contributed by atoms with Crippen LogP contribution < -0.4 is 4.90 Å². The van der Waals surface area contributed by atoms with Gasteiger partial charge in [0.25, 0.3) is 0 Å². The summed E-state index contributed by atoms with van der Waals surface area (Å²) >= 11 is 0. The Morgan fingerprint density at radius 1 is 1.18 bits per heavy atom. The molecule has 90 valence electrons. The molecule has 2 heteroatoms. The topological polar surface area (TPSA) is 21.5 Å². The van der Waals surface area contributed by atoms with Crippen LogP contribution in [0, 0.1) is 18.8 Å². The van der Waals surface area contributed by atoms with E-state index in [9.17, 15) is 4.79 Å². The number of ketones is 1. The summed E-state index contributed by atoms with van der Waals surface area (Å²) in [7, 11) is 0. The zero-order valence-electron chi connectivity index (χ0n) is 10.4. The van der Waals surface area contributed by atoms with E-state index in [1.54, 1.807) is 4.90 Å². The van der Waals surface area contributed by atoms with Gasteiger partial charge in [0.2, 0.25) is 0 Å². The average Bonchev–Trinajstić information content (AvgIpc) is 2.40. The number of nitrogens with one attached hydrogen (secondary N) is 1. The Bertz CT molecular complexity index is 415. The second kappa shape index (κ2) is 4.26. The fourth-order valence-electron chi connectivity index (χ4n) is 3.37. The Morgan fingerprint density at radius 2 is 1.82 bits per heavy atom. The number of rotatable bonds is 2. The van der Waals surface area contributed by atoms with Gasteiger partial charge in [0, 0.05) is 18.4 Å². The number of Topliss-reactive ketones (excluding diaryl/α,β-unsaturated/α-hetero) is 1. The Kier molecular flexibility index (Phi) is 2.75. The smallest absolute Gasteiger partial charge is 0.171 e. The number of benzene rings is 1. The molecular formula is C15H20NO+. The van der Waals surface area contributed by atoms with E-state index < -0.39 is 0 Å². The van der Waals surface area contributed by atoms with Gasteiger partial charge in [0.15, 0.2) is 5.78 Å². The van der Waals surface area contributed by atoms with Crippen molar-refractivity contribution in [1.29, 1.82) is 0 Å². The van der Waals surface area contributed by atoms with E-state index in [2.05, 4.69) is 6.92 Å². The van der Waals surface area contributed by atoms with Gasteiger partial charge < -0.3 is 4.90 Å². The minimum Gasteiger partial charge on any atom is -0.334 e. The Balaban J connectivity index is 1.80. The van der Waals surface area contributed by atoms with Crippen molar-refractivity contribution in [2.45, 2.75) is 19.8 Å². The molecule has 1 N–H and O–H groups in total. The van der Waals surface area contributed by atoms with Crippen LogP contribution in [-0.4, -0.2) is 25.4 Å². The van der Waals surface area contributed by atoms with Crippen molar-refractivity contribution < 1.29 is 9.69 Å². The summed E-state index contributed by atoms with van der Waals surface area (Å²) in [6.07, 6.45) is 2.50. The molecule has 17 heavy (non-hydrogen) atoms. The Labute approximate surface area is 103 Å². The maximum absolute atomic E-state index is 12.5. The Hall–Kier alpha value is -1.15. The van der Waals surface area contributed by atoms with Crippen LogP contribution in [0.2, 0.25) is 0 Å². The monoisotopic (exact) mass is 230 g/mol. The van der Waals surface area contributed by atoms with Crippen LogP contribution in [0.15, 0.2) is 24.3 Å². The molecule has 2 nitrogen and oxygen atoms in total. The third-order valence-corrected chi connectivity index (χ3v) is 4.49. The largest absolute Gasteiger partial charge is 0.334 e. The molecule has 3 fully saturated rings. The predicted octanol–water partition coefficient (Wildman–Crippen LogP) is 1.10. The molecule has 4 rings (SSSR count). The van der Waals surface area contributed by atoms with E-state index >= 15 is 0 Å². The lowest BCUT2D eigenvalue weighted by Gasteiger charge is -2.41. The summed E-state index contributed by atoms with van der Waals surface area (Å²) in [6, 6.07) is 8.07. The second-order valence-electron chi connectivity index (χ2n) is 5.63. The van der Waals surface area contributed by atoms with E-state index in [1.807, 2.05) is 24.3 Å². The van der Waals surface area contributed by atoms with Crippen LogP contribution in [0.3, 0.4) is 0 Å². The summed E-state index contributed by atoms with van der Waals surface area (Å²) in [4.78, 5) is 14.1. The maximum atomic E-state index is 12.5. The molecule has 3 heterocycles. The van der Waals surface area contributed by atoms with Crippen molar-refractivity contribution in [2.24, 2.45) is 11.8 Å². The molecule has 3 aliphatic rings. The number of carbonyl (C=O) groups is 1. The van der Waals surface area contributed by atoms with Crippen LogP contribution in [0.5, 0.6) is 0 Å². The summed E-state index contributed by atoms with van der Waals surface area (Å²) < 4.78 is 0. The van der Waals surface area contributed by atoms with E-state index in [0.29, 0.717) is 11.7 Å². The fraction of sp³-hybridized carbons (Fsp3) is 0.533. The molecule has 0 aliphatic carbocycles. The third kappa shape index (κ3) is 2.02. The van der Waals surface area contributed by atoms with Gasteiger partial charge in [-0.05, 0) is 12.8 Å². The van der Waals surface area contributed by atoms with Crippen LogP contribution in [0.4, 0.5) is 0 Å². The summed E-state index contributed by atoms with van der Waals surface area (Å²) in [5, 5.41) is 0. The molecule has 1 atom stereocenters. The fourth-order valence-corrected chi connectivity index (χ4v) is 3.37. The highest BCUT2D eigenvalue weighted by atomic mass is 16.1. The number of fused-ring (bicyclic) bond motifs is 3. The van der Waals surface area contributed by atoms with E-state index in [0.717, 1.165) is 12.1 Å². The first kappa shape index (κ1) is 11.0. The van der Waals surface area contributed by atoms with E-state index in [4.69, 9.17) is 0 Å². The van der Waals surface area contributed by atoms with Gasteiger partial charge in [0.05, 0.1) is 25.6 Å². The summed E-state index contributed by atoms with van der Waals surface area (Å²) in [6.45, 7) is 5.69. The van der Waals surface area contributed by atoms with Crippen molar-refractivity contribution in [1.82, 2.24) is 0 Å². The number of carbonyl (C=O) groups excluding carboxylic acids is 1. The molecule has 2 bridgehead atoms. The summed E-state index contributed by atoms with van der Waals surface area (Å²) in [5.41, 5.74) is 2.13. The molecule has 3 aliphatic heterocycles. The maximum Gasteiger partial charge on any atom is 0.171 e. The first-order valence-corrected chi connectivity index (χ1v) is 6.68. The Morgan fingerprint density at radius 3 is 2.35 bits per heavy atom. The molecule has 1 aromatic carbocycles. The lowest BCUT2D eigenvalue weighted by molar-refractivity contribution is -0.919. The predicted molar refractivity (Wildman–Crippen MR) is 67.3 cm³/mol. The highest BCUT2D eigenvalue weighted by molar-refractivity contribution is 5.98. The first-order valence-electron chi connectivity index (χ1n) is 6.68. The van der Waals surface area contributed by atoms with Gasteiger partial charge in [0.1, 0.15) is 0 Å². The highest BCUT2D eigenvalue weighted by Crippen LogP contribution is 2.27. The molecule has 1 unspecified atom stereocenters. The van der Waals surface area contributed by atoms with Crippen LogP contribution in [0.1, 0.15) is 28.8 Å². The van der Waals surface area contributed by atoms with Crippen molar-refractivity contribution >= 4 is 5.78 Å². The van der Waals surface area contributed by atoms with Gasteiger partial charge in [-0.3, -0.25) is 4.79 Å². The van der Waals surface area contributed by atoms with Crippen LogP contribution in [0.25, 0.3) is 0 Å². The van der Waals surface area contributed by atoms with Gasteiger partial charge in [-0.15, -0.1) is 0 Å². The van der Waals surface area contributed by atoms with Crippen LogP contribution in [-0.2, 0) is 0 Å². The highest BCUT2D eigenvalue weighted by Gasteiger charge is 2.41. The van der Waals surface area contributed by atoms with Gasteiger partial charge >= 0.3 is 0 Å². The molecule has 0 amide bonds. The molecule has 1 aromatic rings. The minimum absolute atomic E-state index is 0.287. The average molecular weight is 230 g/mol. The molecule has 0 radical (unpaired) electrons. The molecule has 3 saturated heterocycles. The molecular weight excluding hydrogens is 210 g/mol.